The highest BCUT2D eigenvalue weighted by Crippen LogP contribution is 2.43. The minimum atomic E-state index is -0.0635. The lowest BCUT2D eigenvalue weighted by Crippen LogP contribution is -2.25. The lowest BCUT2D eigenvalue weighted by Gasteiger charge is -2.18. The van der Waals surface area contributed by atoms with Gasteiger partial charge in [-0.3, -0.25) is 4.79 Å². The van der Waals surface area contributed by atoms with Gasteiger partial charge in [-0.05, 0) is 31.7 Å². The van der Waals surface area contributed by atoms with Crippen LogP contribution in [-0.4, -0.2) is 16.8 Å². The molecule has 2 rings (SSSR count). The van der Waals surface area contributed by atoms with Crippen molar-refractivity contribution < 1.29 is 4.79 Å². The molecule has 0 radical (unpaired) electrons. The van der Waals surface area contributed by atoms with E-state index in [4.69, 9.17) is 0 Å². The first-order chi connectivity index (χ1) is 8.10. The highest BCUT2D eigenvalue weighted by atomic mass is 32.2. The van der Waals surface area contributed by atoms with E-state index in [1.54, 1.807) is 6.92 Å². The molecule has 0 spiro atoms. The first kappa shape index (κ1) is 12.7. The second-order valence-corrected chi connectivity index (χ2v) is 6.57. The van der Waals surface area contributed by atoms with E-state index in [9.17, 15) is 4.79 Å². The molecule has 1 saturated heterocycles. The van der Waals surface area contributed by atoms with Gasteiger partial charge in [-0.25, -0.2) is 0 Å². The molecule has 1 aromatic carbocycles. The average molecular weight is 248 g/mol. The number of carbonyl (C=O) groups is 1. The molecule has 1 aliphatic heterocycles. The summed E-state index contributed by atoms with van der Waals surface area (Å²) in [6, 6.07) is 10.6. The summed E-state index contributed by atoms with van der Waals surface area (Å²) in [6.45, 7) is 3.85. The van der Waals surface area contributed by atoms with Crippen molar-refractivity contribution in [1.82, 2.24) is 0 Å². The Morgan fingerprint density at radius 3 is 2.71 bits per heavy atom. The Kier molecular flexibility index (Phi) is 3.93. The molecule has 0 aliphatic carbocycles. The number of benzene rings is 1. The number of carbonyl (C=O) groups excluding carboxylic acids is 1. The van der Waals surface area contributed by atoms with Crippen LogP contribution in [0.15, 0.2) is 30.3 Å². The average Bonchev–Trinajstić information content (AvgIpc) is 2.72. The highest BCUT2D eigenvalue weighted by Gasteiger charge is 2.38. The van der Waals surface area contributed by atoms with Crippen molar-refractivity contribution in [2.75, 3.05) is 5.75 Å². The summed E-state index contributed by atoms with van der Waals surface area (Å²) in [5.74, 6) is 1.36. The monoisotopic (exact) mass is 248 g/mol. The molecule has 1 nitrogen and oxygen atoms in total. The molecule has 0 bridgehead atoms. The fourth-order valence-corrected chi connectivity index (χ4v) is 4.02. The minimum Gasteiger partial charge on any atom is -0.299 e. The van der Waals surface area contributed by atoms with Crippen LogP contribution >= 0.6 is 11.8 Å². The van der Waals surface area contributed by atoms with Crippen LogP contribution in [0.2, 0.25) is 0 Å². The van der Waals surface area contributed by atoms with E-state index in [0.29, 0.717) is 11.0 Å². The third kappa shape index (κ3) is 3.12. The van der Waals surface area contributed by atoms with Crippen LogP contribution < -0.4 is 0 Å². The molecular weight excluding hydrogens is 228 g/mol. The fourth-order valence-electron chi connectivity index (χ4n) is 2.33. The SMILES string of the molecule is CC(=O)[C@]1(C)CS[C@H](CCc2ccccc2)C1. The number of Topliss-reactive ketones (excluding diaryl/α,β-unsaturated/α-hetero) is 1. The summed E-state index contributed by atoms with van der Waals surface area (Å²) in [5.41, 5.74) is 1.34. The molecule has 17 heavy (non-hydrogen) atoms. The molecule has 92 valence electrons. The lowest BCUT2D eigenvalue weighted by molar-refractivity contribution is -0.124. The third-order valence-electron chi connectivity index (χ3n) is 3.76. The van der Waals surface area contributed by atoms with Gasteiger partial charge in [0.2, 0.25) is 0 Å². The molecule has 0 N–H and O–H groups in total. The summed E-state index contributed by atoms with van der Waals surface area (Å²) in [4.78, 5) is 11.6. The van der Waals surface area contributed by atoms with Crippen molar-refractivity contribution in [3.05, 3.63) is 35.9 Å². The topological polar surface area (TPSA) is 17.1 Å². The molecule has 1 fully saturated rings. The zero-order valence-electron chi connectivity index (χ0n) is 10.6. The van der Waals surface area contributed by atoms with Crippen LogP contribution in [0.25, 0.3) is 0 Å². The Morgan fingerprint density at radius 2 is 2.12 bits per heavy atom. The zero-order valence-corrected chi connectivity index (χ0v) is 11.4. The van der Waals surface area contributed by atoms with Crippen molar-refractivity contribution in [3.8, 4) is 0 Å². The molecule has 1 aromatic rings. The lowest BCUT2D eigenvalue weighted by atomic mass is 9.83. The van der Waals surface area contributed by atoms with Gasteiger partial charge >= 0.3 is 0 Å². The summed E-state index contributed by atoms with van der Waals surface area (Å²) < 4.78 is 0. The van der Waals surface area contributed by atoms with E-state index in [2.05, 4.69) is 37.3 Å². The van der Waals surface area contributed by atoms with E-state index in [1.807, 2.05) is 11.8 Å². The van der Waals surface area contributed by atoms with E-state index in [0.717, 1.165) is 18.6 Å². The van der Waals surface area contributed by atoms with Crippen molar-refractivity contribution in [2.24, 2.45) is 5.41 Å². The first-order valence-corrected chi connectivity index (χ1v) is 7.32. The van der Waals surface area contributed by atoms with Crippen LogP contribution in [0.3, 0.4) is 0 Å². The van der Waals surface area contributed by atoms with Crippen molar-refractivity contribution in [1.29, 1.82) is 0 Å². The molecule has 2 heteroatoms. The summed E-state index contributed by atoms with van der Waals surface area (Å²) in [5, 5.41) is 0.657. The quantitative estimate of drug-likeness (QED) is 0.808. The molecule has 1 heterocycles. The maximum absolute atomic E-state index is 11.6. The Balaban J connectivity index is 1.85. The summed E-state index contributed by atoms with van der Waals surface area (Å²) in [6.07, 6.45) is 3.38. The predicted octanol–water partition coefficient (Wildman–Crippen LogP) is 3.72. The zero-order chi connectivity index (χ0) is 12.3. The number of hydrogen-bond acceptors (Lipinski definition) is 2. The second kappa shape index (κ2) is 5.26. The van der Waals surface area contributed by atoms with Crippen LogP contribution in [-0.2, 0) is 11.2 Å². The Labute approximate surface area is 108 Å². The normalized spacial score (nSPS) is 28.2. The first-order valence-electron chi connectivity index (χ1n) is 6.27. The maximum Gasteiger partial charge on any atom is 0.136 e. The standard InChI is InChI=1S/C15H20OS/c1-12(16)15(2)10-14(17-11-15)9-8-13-6-4-3-5-7-13/h3-7,14H,8-11H2,1-2H3/t14-,15+/m1/s1. The maximum atomic E-state index is 11.6. The van der Waals surface area contributed by atoms with E-state index >= 15 is 0 Å². The van der Waals surface area contributed by atoms with Crippen LogP contribution in [0.4, 0.5) is 0 Å². The Morgan fingerprint density at radius 1 is 1.41 bits per heavy atom. The van der Waals surface area contributed by atoms with Gasteiger partial charge in [-0.15, -0.1) is 0 Å². The van der Waals surface area contributed by atoms with Crippen LogP contribution in [0.5, 0.6) is 0 Å². The van der Waals surface area contributed by atoms with Gasteiger partial charge in [-0.2, -0.15) is 11.8 Å². The smallest absolute Gasteiger partial charge is 0.136 e. The molecule has 0 amide bonds. The van der Waals surface area contributed by atoms with Gasteiger partial charge in [-0.1, -0.05) is 37.3 Å². The van der Waals surface area contributed by atoms with Crippen LogP contribution in [0.1, 0.15) is 32.3 Å². The molecule has 0 unspecified atom stereocenters. The van der Waals surface area contributed by atoms with Gasteiger partial charge in [0.05, 0.1) is 0 Å². The Hall–Kier alpha value is -0.760. The number of thioether (sulfide) groups is 1. The molecular formula is C15H20OS. The molecule has 0 aromatic heterocycles. The van der Waals surface area contributed by atoms with E-state index < -0.39 is 0 Å². The van der Waals surface area contributed by atoms with E-state index in [1.165, 1.54) is 12.0 Å². The number of rotatable bonds is 4. The van der Waals surface area contributed by atoms with Gasteiger partial charge in [0.1, 0.15) is 5.78 Å². The predicted molar refractivity (Wildman–Crippen MR) is 74.4 cm³/mol. The molecule has 1 aliphatic rings. The molecule has 2 atom stereocenters. The second-order valence-electron chi connectivity index (χ2n) is 5.28. The van der Waals surface area contributed by atoms with Gasteiger partial charge in [0, 0.05) is 16.4 Å². The Bertz CT molecular complexity index is 387. The van der Waals surface area contributed by atoms with Crippen molar-refractivity contribution >= 4 is 17.5 Å². The van der Waals surface area contributed by atoms with E-state index in [-0.39, 0.29) is 5.41 Å². The number of hydrogen-bond donors (Lipinski definition) is 0. The molecule has 0 saturated carbocycles. The van der Waals surface area contributed by atoms with Crippen molar-refractivity contribution in [2.45, 2.75) is 38.4 Å². The van der Waals surface area contributed by atoms with Gasteiger partial charge in [0.15, 0.2) is 0 Å². The number of aryl methyl sites for hydroxylation is 1. The fraction of sp³-hybridized carbons (Fsp3) is 0.533. The third-order valence-corrected chi connectivity index (χ3v) is 5.44. The summed E-state index contributed by atoms with van der Waals surface area (Å²) in [7, 11) is 0. The minimum absolute atomic E-state index is 0.0635. The largest absolute Gasteiger partial charge is 0.299 e. The van der Waals surface area contributed by atoms with Gasteiger partial charge < -0.3 is 0 Å². The van der Waals surface area contributed by atoms with Crippen molar-refractivity contribution in [3.63, 3.8) is 0 Å². The number of ketones is 1. The highest BCUT2D eigenvalue weighted by molar-refractivity contribution is 8.00. The van der Waals surface area contributed by atoms with Gasteiger partial charge in [0.25, 0.3) is 0 Å². The summed E-state index contributed by atoms with van der Waals surface area (Å²) >= 11 is 1.98. The van der Waals surface area contributed by atoms with Crippen LogP contribution in [0, 0.1) is 5.41 Å².